The van der Waals surface area contributed by atoms with E-state index in [1.807, 2.05) is 37.3 Å². The van der Waals surface area contributed by atoms with Crippen LogP contribution in [0.25, 0.3) is 10.9 Å². The maximum absolute atomic E-state index is 5.44. The number of hydrogen-bond acceptors (Lipinski definition) is 8. The molecule has 0 spiro atoms. The zero-order valence-corrected chi connectivity index (χ0v) is 18.0. The number of anilines is 4. The van der Waals surface area contributed by atoms with E-state index >= 15 is 0 Å². The number of morpholine rings is 1. The number of ether oxygens (including phenoxy) is 1. The second-order valence-corrected chi connectivity index (χ2v) is 7.83. The Morgan fingerprint density at radius 1 is 1.03 bits per heavy atom. The zero-order chi connectivity index (χ0) is 21.8. The molecule has 0 aliphatic carbocycles. The zero-order valence-electron chi connectivity index (χ0n) is 18.0. The average molecular weight is 428 g/mol. The minimum Gasteiger partial charge on any atom is -0.379 e. The Hall–Kier alpha value is -3.62. The van der Waals surface area contributed by atoms with E-state index in [0.717, 1.165) is 60.7 Å². The van der Waals surface area contributed by atoms with Crippen LogP contribution in [0.2, 0.25) is 0 Å². The minimum atomic E-state index is 0.529. The topological polar surface area (TPSA) is 88.1 Å². The maximum Gasteiger partial charge on any atom is 0.229 e. The van der Waals surface area contributed by atoms with Crippen LogP contribution in [0.1, 0.15) is 11.1 Å². The van der Waals surface area contributed by atoms with Crippen molar-refractivity contribution in [1.29, 1.82) is 0 Å². The molecule has 8 nitrogen and oxygen atoms in total. The van der Waals surface area contributed by atoms with Gasteiger partial charge in [0.05, 0.1) is 30.6 Å². The molecule has 4 aromatic rings. The first kappa shape index (κ1) is 20.3. The molecule has 2 N–H and O–H groups in total. The SMILES string of the molecule is Cc1cccc2c(Nc3ccnc(Nc4cccc(CN5CCOCC5)c4)n3)cnnc12. The Kier molecular flexibility index (Phi) is 5.87. The van der Waals surface area contributed by atoms with Gasteiger partial charge in [-0.15, -0.1) is 0 Å². The van der Waals surface area contributed by atoms with Gasteiger partial charge in [0.2, 0.25) is 5.95 Å². The molecule has 1 fully saturated rings. The Bertz CT molecular complexity index is 1220. The second-order valence-electron chi connectivity index (χ2n) is 7.83. The van der Waals surface area contributed by atoms with Crippen LogP contribution in [0.4, 0.5) is 23.1 Å². The molecule has 0 atom stereocenters. The monoisotopic (exact) mass is 427 g/mol. The number of fused-ring (bicyclic) bond motifs is 1. The molecule has 2 aromatic heterocycles. The van der Waals surface area contributed by atoms with Gasteiger partial charge in [0.25, 0.3) is 0 Å². The van der Waals surface area contributed by atoms with Crippen molar-refractivity contribution >= 4 is 34.0 Å². The van der Waals surface area contributed by atoms with Crippen molar-refractivity contribution in [2.24, 2.45) is 0 Å². The lowest BCUT2D eigenvalue weighted by Crippen LogP contribution is -2.35. The van der Waals surface area contributed by atoms with E-state index in [1.54, 1.807) is 12.4 Å². The summed E-state index contributed by atoms with van der Waals surface area (Å²) in [6, 6.07) is 16.3. The number of nitrogens with zero attached hydrogens (tertiary/aromatic N) is 5. The van der Waals surface area contributed by atoms with Crippen LogP contribution in [0.3, 0.4) is 0 Å². The van der Waals surface area contributed by atoms with Crippen LogP contribution >= 0.6 is 0 Å². The molecule has 0 unspecified atom stereocenters. The van der Waals surface area contributed by atoms with Crippen LogP contribution in [0, 0.1) is 6.92 Å². The van der Waals surface area contributed by atoms with Gasteiger partial charge in [0.1, 0.15) is 5.82 Å². The molecule has 0 radical (unpaired) electrons. The molecule has 5 rings (SSSR count). The minimum absolute atomic E-state index is 0.529. The number of aromatic nitrogens is 4. The lowest BCUT2D eigenvalue weighted by Gasteiger charge is -2.26. The molecule has 0 amide bonds. The Morgan fingerprint density at radius 2 is 1.91 bits per heavy atom. The molecule has 0 bridgehead atoms. The fraction of sp³-hybridized carbons (Fsp3) is 0.250. The second kappa shape index (κ2) is 9.25. The van der Waals surface area contributed by atoms with Gasteiger partial charge in [-0.25, -0.2) is 4.98 Å². The lowest BCUT2D eigenvalue weighted by atomic mass is 10.1. The van der Waals surface area contributed by atoms with E-state index in [4.69, 9.17) is 4.74 Å². The molecule has 0 saturated carbocycles. The number of nitrogens with one attached hydrogen (secondary N) is 2. The Labute approximate surface area is 186 Å². The van der Waals surface area contributed by atoms with E-state index < -0.39 is 0 Å². The molecule has 3 heterocycles. The van der Waals surface area contributed by atoms with Crippen molar-refractivity contribution in [3.05, 3.63) is 72.1 Å². The smallest absolute Gasteiger partial charge is 0.229 e. The number of aryl methyl sites for hydroxylation is 1. The summed E-state index contributed by atoms with van der Waals surface area (Å²) in [5, 5.41) is 16.1. The van der Waals surface area contributed by atoms with Crippen LogP contribution in [-0.4, -0.2) is 51.4 Å². The first-order valence-corrected chi connectivity index (χ1v) is 10.7. The van der Waals surface area contributed by atoms with Crippen LogP contribution in [0.15, 0.2) is 60.9 Å². The molecule has 162 valence electrons. The quantitative estimate of drug-likeness (QED) is 0.477. The molecular weight excluding hydrogens is 402 g/mol. The predicted molar refractivity (Wildman–Crippen MR) is 125 cm³/mol. The van der Waals surface area contributed by atoms with Gasteiger partial charge in [0, 0.05) is 36.9 Å². The molecule has 1 aliphatic heterocycles. The molecule has 8 heteroatoms. The van der Waals surface area contributed by atoms with Crippen LogP contribution in [-0.2, 0) is 11.3 Å². The standard InChI is InChI=1S/C24H25N7O/c1-17-4-2-7-20-21(15-26-30-23(17)20)28-22-8-9-25-24(29-22)27-19-6-3-5-18(14-19)16-31-10-12-32-13-11-31/h2-9,14-15H,10-13,16H2,1H3,(H2,25,27,28,29,30). The summed E-state index contributed by atoms with van der Waals surface area (Å²) in [5.74, 6) is 1.21. The van der Waals surface area contributed by atoms with Gasteiger partial charge >= 0.3 is 0 Å². The highest BCUT2D eigenvalue weighted by Crippen LogP contribution is 2.26. The molecule has 1 saturated heterocycles. The fourth-order valence-corrected chi connectivity index (χ4v) is 3.84. The van der Waals surface area contributed by atoms with Gasteiger partial charge in [-0.1, -0.05) is 30.3 Å². The summed E-state index contributed by atoms with van der Waals surface area (Å²) >= 11 is 0. The molecule has 32 heavy (non-hydrogen) atoms. The first-order valence-electron chi connectivity index (χ1n) is 10.7. The van der Waals surface area contributed by atoms with E-state index in [9.17, 15) is 0 Å². The number of hydrogen-bond donors (Lipinski definition) is 2. The molecular formula is C24H25N7O. The van der Waals surface area contributed by atoms with Crippen LogP contribution < -0.4 is 10.6 Å². The summed E-state index contributed by atoms with van der Waals surface area (Å²) in [6.07, 6.45) is 3.45. The lowest BCUT2D eigenvalue weighted by molar-refractivity contribution is 0.0342. The van der Waals surface area contributed by atoms with E-state index in [1.165, 1.54) is 5.56 Å². The van der Waals surface area contributed by atoms with Gasteiger partial charge in [-0.05, 0) is 36.2 Å². The van der Waals surface area contributed by atoms with Crippen LogP contribution in [0.5, 0.6) is 0 Å². The van der Waals surface area contributed by atoms with Crippen molar-refractivity contribution < 1.29 is 4.74 Å². The van der Waals surface area contributed by atoms with Crippen molar-refractivity contribution in [2.45, 2.75) is 13.5 Å². The molecule has 2 aromatic carbocycles. The van der Waals surface area contributed by atoms with Gasteiger partial charge < -0.3 is 15.4 Å². The number of benzene rings is 2. The Morgan fingerprint density at radius 3 is 2.81 bits per heavy atom. The van der Waals surface area contributed by atoms with E-state index in [-0.39, 0.29) is 0 Å². The highest BCUT2D eigenvalue weighted by Gasteiger charge is 2.11. The predicted octanol–water partition coefficient (Wildman–Crippen LogP) is 4.05. The summed E-state index contributed by atoms with van der Waals surface area (Å²) in [5.41, 5.74) is 5.02. The number of rotatable bonds is 6. The average Bonchev–Trinajstić information content (AvgIpc) is 2.81. The third-order valence-electron chi connectivity index (χ3n) is 5.48. The highest BCUT2D eigenvalue weighted by molar-refractivity contribution is 5.93. The van der Waals surface area contributed by atoms with Crippen molar-refractivity contribution in [3.63, 3.8) is 0 Å². The van der Waals surface area contributed by atoms with E-state index in [2.05, 4.69) is 53.9 Å². The first-order chi connectivity index (χ1) is 15.7. The summed E-state index contributed by atoms with van der Waals surface area (Å²) < 4.78 is 5.44. The van der Waals surface area contributed by atoms with Gasteiger partial charge in [-0.3, -0.25) is 4.90 Å². The van der Waals surface area contributed by atoms with Gasteiger partial charge in [-0.2, -0.15) is 15.2 Å². The van der Waals surface area contributed by atoms with E-state index in [0.29, 0.717) is 11.8 Å². The third-order valence-corrected chi connectivity index (χ3v) is 5.48. The van der Waals surface area contributed by atoms with Gasteiger partial charge in [0.15, 0.2) is 0 Å². The maximum atomic E-state index is 5.44. The highest BCUT2D eigenvalue weighted by atomic mass is 16.5. The summed E-state index contributed by atoms with van der Waals surface area (Å²) in [7, 11) is 0. The fourth-order valence-electron chi connectivity index (χ4n) is 3.84. The Balaban J connectivity index is 1.32. The third kappa shape index (κ3) is 4.66. The largest absolute Gasteiger partial charge is 0.379 e. The normalized spacial score (nSPS) is 14.4. The van der Waals surface area contributed by atoms with Crippen molar-refractivity contribution in [2.75, 3.05) is 36.9 Å². The van der Waals surface area contributed by atoms with Crippen molar-refractivity contribution in [1.82, 2.24) is 25.1 Å². The molecule has 1 aliphatic rings. The van der Waals surface area contributed by atoms with Crippen molar-refractivity contribution in [3.8, 4) is 0 Å². The summed E-state index contributed by atoms with van der Waals surface area (Å²) in [4.78, 5) is 11.4. The summed E-state index contributed by atoms with van der Waals surface area (Å²) in [6.45, 7) is 6.46.